The van der Waals surface area contributed by atoms with Crippen LogP contribution in [-0.4, -0.2) is 33.0 Å². The van der Waals surface area contributed by atoms with E-state index in [2.05, 4.69) is 12.2 Å². The van der Waals surface area contributed by atoms with Crippen LogP contribution in [0.4, 0.5) is 0 Å². The van der Waals surface area contributed by atoms with E-state index < -0.39 is 9.84 Å². The number of hydrogen-bond acceptors (Lipinski definition) is 3. The largest absolute Gasteiger partial charge is 0.317 e. The Morgan fingerprint density at radius 1 is 1.21 bits per heavy atom. The molecule has 1 aliphatic rings. The summed E-state index contributed by atoms with van der Waals surface area (Å²) < 4.78 is 23.4. The van der Waals surface area contributed by atoms with Crippen molar-refractivity contribution in [3.05, 3.63) is 0 Å². The maximum absolute atomic E-state index is 11.7. The Kier molecular flexibility index (Phi) is 7.37. The Labute approximate surface area is 119 Å². The molecule has 0 spiro atoms. The Bertz CT molecular complexity index is 340. The van der Waals surface area contributed by atoms with E-state index in [-0.39, 0.29) is 5.25 Å². The number of nitrogens with one attached hydrogen (secondary N) is 1. The molecule has 3 atom stereocenters. The molecule has 0 saturated heterocycles. The van der Waals surface area contributed by atoms with Gasteiger partial charge in [-0.1, -0.05) is 39.0 Å². The highest BCUT2D eigenvalue weighted by Gasteiger charge is 2.32. The highest BCUT2D eigenvalue weighted by Crippen LogP contribution is 2.32. The first-order chi connectivity index (χ1) is 8.99. The molecule has 4 heteroatoms. The van der Waals surface area contributed by atoms with Crippen molar-refractivity contribution < 1.29 is 8.42 Å². The van der Waals surface area contributed by atoms with Gasteiger partial charge < -0.3 is 5.32 Å². The summed E-state index contributed by atoms with van der Waals surface area (Å²) >= 11 is 0. The van der Waals surface area contributed by atoms with Crippen LogP contribution in [-0.2, 0) is 9.84 Å². The topological polar surface area (TPSA) is 46.2 Å². The predicted octanol–water partition coefficient (Wildman–Crippen LogP) is 3.15. The van der Waals surface area contributed by atoms with Gasteiger partial charge in [-0.15, -0.1) is 0 Å². The molecule has 1 rings (SSSR count). The van der Waals surface area contributed by atoms with Gasteiger partial charge in [-0.3, -0.25) is 0 Å². The van der Waals surface area contributed by atoms with Crippen LogP contribution in [0.5, 0.6) is 0 Å². The molecule has 3 nitrogen and oxygen atoms in total. The van der Waals surface area contributed by atoms with E-state index >= 15 is 0 Å². The van der Waals surface area contributed by atoms with E-state index in [1.54, 1.807) is 0 Å². The highest BCUT2D eigenvalue weighted by molar-refractivity contribution is 7.91. The molecule has 1 saturated carbocycles. The molecular formula is C15H31NO2S. The third-order valence-electron chi connectivity index (χ3n) is 4.58. The van der Waals surface area contributed by atoms with E-state index in [0.717, 1.165) is 19.3 Å². The van der Waals surface area contributed by atoms with E-state index in [9.17, 15) is 8.42 Å². The van der Waals surface area contributed by atoms with Crippen LogP contribution in [0.3, 0.4) is 0 Å². The lowest BCUT2D eigenvalue weighted by atomic mass is 9.81. The van der Waals surface area contributed by atoms with Crippen LogP contribution in [0.15, 0.2) is 0 Å². The maximum Gasteiger partial charge on any atom is 0.150 e. The molecule has 1 N–H and O–H groups in total. The molecule has 3 unspecified atom stereocenters. The van der Waals surface area contributed by atoms with E-state index in [4.69, 9.17) is 0 Å². The van der Waals surface area contributed by atoms with Gasteiger partial charge in [0.15, 0.2) is 0 Å². The third-order valence-corrected chi connectivity index (χ3v) is 6.22. The molecule has 0 aromatic carbocycles. The van der Waals surface area contributed by atoms with Crippen LogP contribution in [0.2, 0.25) is 0 Å². The fraction of sp³-hybridized carbons (Fsp3) is 1.00. The Hall–Kier alpha value is -0.0900. The summed E-state index contributed by atoms with van der Waals surface area (Å²) in [6.45, 7) is 2.23. The van der Waals surface area contributed by atoms with Crippen molar-refractivity contribution in [2.24, 2.45) is 5.92 Å². The van der Waals surface area contributed by atoms with Crippen LogP contribution < -0.4 is 5.32 Å². The highest BCUT2D eigenvalue weighted by atomic mass is 32.2. The van der Waals surface area contributed by atoms with Crippen LogP contribution in [0.1, 0.15) is 64.7 Å². The monoisotopic (exact) mass is 289 g/mol. The van der Waals surface area contributed by atoms with Crippen LogP contribution >= 0.6 is 0 Å². The quantitative estimate of drug-likeness (QED) is 0.698. The molecule has 1 aliphatic carbocycles. The van der Waals surface area contributed by atoms with Gasteiger partial charge in [0.25, 0.3) is 0 Å². The molecular weight excluding hydrogens is 258 g/mol. The molecule has 0 aliphatic heterocycles. The van der Waals surface area contributed by atoms with Gasteiger partial charge in [-0.2, -0.15) is 0 Å². The van der Waals surface area contributed by atoms with Gasteiger partial charge in [0.05, 0.1) is 5.25 Å². The van der Waals surface area contributed by atoms with Crippen molar-refractivity contribution in [1.82, 2.24) is 5.32 Å². The second kappa shape index (κ2) is 8.25. The average Bonchev–Trinajstić information content (AvgIpc) is 2.38. The molecule has 0 amide bonds. The number of sulfone groups is 1. The summed E-state index contributed by atoms with van der Waals surface area (Å²) in [6, 6.07) is 0.501. The van der Waals surface area contributed by atoms with Crippen molar-refractivity contribution >= 4 is 9.84 Å². The summed E-state index contributed by atoms with van der Waals surface area (Å²) in [5, 5.41) is 3.33. The third kappa shape index (κ3) is 5.82. The molecule has 1 fully saturated rings. The lowest BCUT2D eigenvalue weighted by molar-refractivity contribution is 0.264. The second-order valence-corrected chi connectivity index (χ2v) is 8.45. The van der Waals surface area contributed by atoms with Gasteiger partial charge in [0.2, 0.25) is 0 Å². The zero-order valence-corrected chi connectivity index (χ0v) is 13.6. The molecule has 114 valence electrons. The first-order valence-electron chi connectivity index (χ1n) is 7.85. The fourth-order valence-electron chi connectivity index (χ4n) is 3.34. The van der Waals surface area contributed by atoms with Gasteiger partial charge in [0.1, 0.15) is 9.84 Å². The lowest BCUT2D eigenvalue weighted by Gasteiger charge is -2.34. The zero-order chi connectivity index (χ0) is 14.3. The van der Waals surface area contributed by atoms with E-state index in [1.165, 1.54) is 44.8 Å². The van der Waals surface area contributed by atoms with E-state index in [1.807, 2.05) is 7.05 Å². The molecule has 0 aromatic heterocycles. The number of rotatable bonds is 8. The van der Waals surface area contributed by atoms with Gasteiger partial charge >= 0.3 is 0 Å². The zero-order valence-electron chi connectivity index (χ0n) is 12.8. The van der Waals surface area contributed by atoms with Gasteiger partial charge in [-0.25, -0.2) is 8.42 Å². The summed E-state index contributed by atoms with van der Waals surface area (Å²) in [7, 11) is -0.835. The summed E-state index contributed by atoms with van der Waals surface area (Å²) in [5.74, 6) is 0.542. The first kappa shape index (κ1) is 17.0. The van der Waals surface area contributed by atoms with Crippen molar-refractivity contribution in [2.45, 2.75) is 76.0 Å². The summed E-state index contributed by atoms with van der Waals surface area (Å²) in [5.41, 5.74) is 0. The van der Waals surface area contributed by atoms with Crippen LogP contribution in [0.25, 0.3) is 0 Å². The summed E-state index contributed by atoms with van der Waals surface area (Å²) in [4.78, 5) is 0. The molecule has 0 heterocycles. The smallest absolute Gasteiger partial charge is 0.150 e. The molecule has 19 heavy (non-hydrogen) atoms. The van der Waals surface area contributed by atoms with Gasteiger partial charge in [-0.05, 0) is 38.6 Å². The Morgan fingerprint density at radius 3 is 2.53 bits per heavy atom. The SMILES string of the molecule is CCCCCCC(NC)C1CCCC(S(C)(=O)=O)C1. The number of unbranched alkanes of at least 4 members (excludes halogenated alkanes) is 3. The lowest BCUT2D eigenvalue weighted by Crippen LogP contribution is -2.39. The predicted molar refractivity (Wildman–Crippen MR) is 82.2 cm³/mol. The Balaban J connectivity index is 2.46. The van der Waals surface area contributed by atoms with Crippen molar-refractivity contribution in [2.75, 3.05) is 13.3 Å². The second-order valence-electron chi connectivity index (χ2n) is 6.12. The minimum absolute atomic E-state index is 0.0993. The molecule has 0 bridgehead atoms. The Morgan fingerprint density at radius 2 is 1.95 bits per heavy atom. The molecule has 0 radical (unpaired) electrons. The minimum Gasteiger partial charge on any atom is -0.317 e. The normalized spacial score (nSPS) is 26.3. The maximum atomic E-state index is 11.7. The minimum atomic E-state index is -2.86. The summed E-state index contributed by atoms with van der Waals surface area (Å²) in [6.07, 6.45) is 11.7. The average molecular weight is 289 g/mol. The standard InChI is InChI=1S/C15H31NO2S/c1-4-5-6-7-11-15(16-2)13-9-8-10-14(12-13)19(3,17)18/h13-16H,4-12H2,1-3H3. The van der Waals surface area contributed by atoms with Crippen molar-refractivity contribution in [1.29, 1.82) is 0 Å². The van der Waals surface area contributed by atoms with E-state index in [0.29, 0.717) is 12.0 Å². The molecule has 0 aromatic rings. The van der Waals surface area contributed by atoms with Crippen molar-refractivity contribution in [3.8, 4) is 0 Å². The van der Waals surface area contributed by atoms with Crippen molar-refractivity contribution in [3.63, 3.8) is 0 Å². The van der Waals surface area contributed by atoms with Crippen LogP contribution in [0, 0.1) is 5.92 Å². The fourth-order valence-corrected chi connectivity index (χ4v) is 4.53. The first-order valence-corrected chi connectivity index (χ1v) is 9.80. The van der Waals surface area contributed by atoms with Gasteiger partial charge in [0, 0.05) is 12.3 Å². The number of hydrogen-bond donors (Lipinski definition) is 1.